The fourth-order valence-electron chi connectivity index (χ4n) is 2.13. The number of nitrogens with zero attached hydrogens (tertiary/aromatic N) is 2. The minimum atomic E-state index is -3.72. The number of halogens is 1. The van der Waals surface area contributed by atoms with Crippen molar-refractivity contribution < 1.29 is 18.0 Å². The largest absolute Gasteiger partial charge is 0.336 e. The van der Waals surface area contributed by atoms with Crippen molar-refractivity contribution in [3.05, 3.63) is 53.3 Å². The van der Waals surface area contributed by atoms with E-state index in [1.807, 2.05) is 6.07 Å². The second kappa shape index (κ2) is 9.58. The first kappa shape index (κ1) is 21.0. The summed E-state index contributed by atoms with van der Waals surface area (Å²) in [5, 5.41) is 2.70. The molecule has 0 radical (unpaired) electrons. The molecule has 2 amide bonds. The van der Waals surface area contributed by atoms with Gasteiger partial charge in [0.15, 0.2) is 0 Å². The second-order valence-corrected chi connectivity index (χ2v) is 8.24. The highest BCUT2D eigenvalue weighted by Gasteiger charge is 2.17. The summed E-state index contributed by atoms with van der Waals surface area (Å²) in [6.45, 7) is -0.220. The lowest BCUT2D eigenvalue weighted by Gasteiger charge is -2.17. The number of aromatic nitrogens is 1. The van der Waals surface area contributed by atoms with E-state index in [1.165, 1.54) is 36.5 Å². The molecule has 1 aromatic heterocycles. The normalized spacial score (nSPS) is 11.0. The van der Waals surface area contributed by atoms with Gasteiger partial charge < -0.3 is 10.2 Å². The van der Waals surface area contributed by atoms with Crippen LogP contribution in [0.1, 0.15) is 6.42 Å². The van der Waals surface area contributed by atoms with Crippen LogP contribution in [0.2, 0.25) is 0 Å². The van der Waals surface area contributed by atoms with Crippen LogP contribution < -0.4 is 10.0 Å². The molecule has 144 valence electrons. The summed E-state index contributed by atoms with van der Waals surface area (Å²) in [6, 6.07) is 10.0. The van der Waals surface area contributed by atoms with Gasteiger partial charge in [-0.15, -0.1) is 0 Å². The predicted molar refractivity (Wildman–Crippen MR) is 104 cm³/mol. The van der Waals surface area contributed by atoms with Gasteiger partial charge in [0.2, 0.25) is 21.8 Å². The lowest BCUT2D eigenvalue weighted by atomic mass is 10.3. The van der Waals surface area contributed by atoms with E-state index in [2.05, 4.69) is 31.0 Å². The maximum atomic E-state index is 12.1. The Morgan fingerprint density at radius 3 is 2.59 bits per heavy atom. The maximum Gasteiger partial charge on any atom is 0.244 e. The molecule has 8 nitrogen and oxygen atoms in total. The Labute approximate surface area is 166 Å². The number of nitrogens with one attached hydrogen (secondary N) is 2. The Balaban J connectivity index is 1.80. The van der Waals surface area contributed by atoms with Crippen LogP contribution in [0, 0.1) is 0 Å². The van der Waals surface area contributed by atoms with Gasteiger partial charge in [-0.3, -0.25) is 14.6 Å². The molecule has 0 saturated heterocycles. The van der Waals surface area contributed by atoms with E-state index in [0.29, 0.717) is 5.69 Å². The van der Waals surface area contributed by atoms with Crippen LogP contribution in [0.4, 0.5) is 5.69 Å². The van der Waals surface area contributed by atoms with E-state index < -0.39 is 10.0 Å². The molecule has 0 aliphatic heterocycles. The lowest BCUT2D eigenvalue weighted by Crippen LogP contribution is -2.37. The standard InChI is InChI=1S/C17H19BrN4O4S/c1-22(12-16(23)21-15-7-3-2-6-14(15)18)17(24)8-10-20-27(25,26)13-5-4-9-19-11-13/h2-7,9,11,20H,8,10,12H2,1H3,(H,21,23). The molecule has 2 aromatic rings. The minimum absolute atomic E-state index is 0.0265. The molecule has 27 heavy (non-hydrogen) atoms. The third-order valence-electron chi connectivity index (χ3n) is 3.53. The molecule has 0 unspecified atom stereocenters. The summed E-state index contributed by atoms with van der Waals surface area (Å²) in [7, 11) is -2.23. The molecular formula is C17H19BrN4O4S. The Bertz CT molecular complexity index is 906. The SMILES string of the molecule is CN(CC(=O)Nc1ccccc1Br)C(=O)CCNS(=O)(=O)c1cccnc1. The molecule has 0 saturated carbocycles. The summed E-state index contributed by atoms with van der Waals surface area (Å²) < 4.78 is 27.2. The fraction of sp³-hybridized carbons (Fsp3) is 0.235. The number of carbonyl (C=O) groups is 2. The zero-order chi connectivity index (χ0) is 19.9. The van der Waals surface area contributed by atoms with Gasteiger partial charge in [-0.05, 0) is 40.2 Å². The van der Waals surface area contributed by atoms with Gasteiger partial charge in [-0.2, -0.15) is 0 Å². The fourth-order valence-corrected chi connectivity index (χ4v) is 3.51. The van der Waals surface area contributed by atoms with E-state index >= 15 is 0 Å². The van der Waals surface area contributed by atoms with Crippen LogP contribution >= 0.6 is 15.9 Å². The van der Waals surface area contributed by atoms with Crippen molar-refractivity contribution in [2.45, 2.75) is 11.3 Å². The Kier molecular flexibility index (Phi) is 7.45. The Morgan fingerprint density at radius 1 is 1.19 bits per heavy atom. The van der Waals surface area contributed by atoms with Gasteiger partial charge in [0.1, 0.15) is 4.90 Å². The predicted octanol–water partition coefficient (Wildman–Crippen LogP) is 1.61. The third-order valence-corrected chi connectivity index (χ3v) is 5.67. The summed E-state index contributed by atoms with van der Waals surface area (Å²) in [6.07, 6.45) is 2.62. The minimum Gasteiger partial charge on any atom is -0.336 e. The van der Waals surface area contributed by atoms with E-state index in [1.54, 1.807) is 18.2 Å². The summed E-state index contributed by atoms with van der Waals surface area (Å²) in [4.78, 5) is 29.2. The quantitative estimate of drug-likeness (QED) is 0.629. The monoisotopic (exact) mass is 454 g/mol. The van der Waals surface area contributed by atoms with Crippen molar-refractivity contribution in [3.8, 4) is 0 Å². The van der Waals surface area contributed by atoms with Crippen LogP contribution in [-0.2, 0) is 19.6 Å². The molecule has 0 spiro atoms. The van der Waals surface area contributed by atoms with Crippen LogP contribution in [0.5, 0.6) is 0 Å². The van der Waals surface area contributed by atoms with E-state index in [9.17, 15) is 18.0 Å². The number of carbonyl (C=O) groups excluding carboxylic acids is 2. The number of pyridine rings is 1. The van der Waals surface area contributed by atoms with E-state index in [0.717, 1.165) is 4.47 Å². The third kappa shape index (κ3) is 6.42. The topological polar surface area (TPSA) is 108 Å². The average molecular weight is 455 g/mol. The van der Waals surface area contributed by atoms with Gasteiger partial charge in [-0.25, -0.2) is 13.1 Å². The molecule has 0 aliphatic rings. The lowest BCUT2D eigenvalue weighted by molar-refractivity contribution is -0.133. The average Bonchev–Trinajstić information content (AvgIpc) is 2.64. The number of likely N-dealkylation sites (N-methyl/N-ethyl adjacent to an activating group) is 1. The van der Waals surface area contributed by atoms with Crippen molar-refractivity contribution in [3.63, 3.8) is 0 Å². The van der Waals surface area contributed by atoms with Crippen molar-refractivity contribution in [1.29, 1.82) is 0 Å². The second-order valence-electron chi connectivity index (χ2n) is 5.61. The highest BCUT2D eigenvalue weighted by molar-refractivity contribution is 9.10. The van der Waals surface area contributed by atoms with Gasteiger partial charge >= 0.3 is 0 Å². The highest BCUT2D eigenvalue weighted by atomic mass is 79.9. The van der Waals surface area contributed by atoms with E-state index in [4.69, 9.17) is 0 Å². The molecule has 0 fully saturated rings. The zero-order valence-corrected chi connectivity index (χ0v) is 17.0. The molecule has 1 aromatic carbocycles. The zero-order valence-electron chi connectivity index (χ0n) is 14.6. The number of benzene rings is 1. The molecule has 2 N–H and O–H groups in total. The van der Waals surface area contributed by atoms with Crippen LogP contribution in [0.3, 0.4) is 0 Å². The maximum absolute atomic E-state index is 12.1. The van der Waals surface area contributed by atoms with Gasteiger partial charge in [0.25, 0.3) is 0 Å². The van der Waals surface area contributed by atoms with Gasteiger partial charge in [0, 0.05) is 36.9 Å². The number of anilines is 1. The molecule has 1 heterocycles. The number of rotatable bonds is 8. The number of sulfonamides is 1. The van der Waals surface area contributed by atoms with Crippen molar-refractivity contribution >= 4 is 43.5 Å². The molecular weight excluding hydrogens is 436 g/mol. The van der Waals surface area contributed by atoms with Crippen LogP contribution in [0.25, 0.3) is 0 Å². The molecule has 0 aliphatic carbocycles. The number of hydrogen-bond acceptors (Lipinski definition) is 5. The summed E-state index contributed by atoms with van der Waals surface area (Å²) in [5.74, 6) is -0.708. The molecule has 0 atom stereocenters. The first-order valence-corrected chi connectivity index (χ1v) is 10.3. The Hall–Kier alpha value is -2.30. The first-order valence-electron chi connectivity index (χ1n) is 7.97. The Morgan fingerprint density at radius 2 is 1.93 bits per heavy atom. The summed E-state index contributed by atoms with van der Waals surface area (Å²) in [5.41, 5.74) is 0.604. The van der Waals surface area contributed by atoms with Gasteiger partial charge in [0.05, 0.1) is 12.2 Å². The number of para-hydroxylation sites is 1. The van der Waals surface area contributed by atoms with E-state index in [-0.39, 0.29) is 36.2 Å². The summed E-state index contributed by atoms with van der Waals surface area (Å²) >= 11 is 3.33. The number of amides is 2. The molecule has 0 bridgehead atoms. The van der Waals surface area contributed by atoms with Crippen LogP contribution in [-0.4, -0.2) is 50.3 Å². The smallest absolute Gasteiger partial charge is 0.244 e. The van der Waals surface area contributed by atoms with Crippen molar-refractivity contribution in [2.75, 3.05) is 25.5 Å². The van der Waals surface area contributed by atoms with Crippen molar-refractivity contribution in [2.24, 2.45) is 0 Å². The molecule has 2 rings (SSSR count). The first-order chi connectivity index (χ1) is 12.8. The molecule has 10 heteroatoms. The highest BCUT2D eigenvalue weighted by Crippen LogP contribution is 2.20. The van der Waals surface area contributed by atoms with Gasteiger partial charge in [-0.1, -0.05) is 12.1 Å². The van der Waals surface area contributed by atoms with Crippen LogP contribution in [0.15, 0.2) is 58.2 Å². The number of hydrogen-bond donors (Lipinski definition) is 2. The van der Waals surface area contributed by atoms with Crippen molar-refractivity contribution in [1.82, 2.24) is 14.6 Å².